The third-order valence-electron chi connectivity index (χ3n) is 5.87. The molecule has 2 saturated carbocycles. The van der Waals surface area contributed by atoms with Gasteiger partial charge in [0.2, 0.25) is 0 Å². The van der Waals surface area contributed by atoms with E-state index in [9.17, 15) is 0 Å². The molecule has 0 aromatic carbocycles. The van der Waals surface area contributed by atoms with E-state index in [1.807, 2.05) is 0 Å². The number of rotatable bonds is 3. The molecule has 0 bridgehead atoms. The second kappa shape index (κ2) is 5.04. The predicted octanol–water partition coefficient (Wildman–Crippen LogP) is 3.70. The lowest BCUT2D eigenvalue weighted by Gasteiger charge is -2.50. The van der Waals surface area contributed by atoms with Crippen LogP contribution in [0.1, 0.15) is 73.1 Å². The van der Waals surface area contributed by atoms with Gasteiger partial charge in [0.25, 0.3) is 0 Å². The van der Waals surface area contributed by atoms with E-state index in [0.717, 1.165) is 6.54 Å². The van der Waals surface area contributed by atoms with Crippen LogP contribution in [-0.4, -0.2) is 18.1 Å². The molecule has 0 aromatic rings. The molecule has 2 rings (SSSR count). The van der Waals surface area contributed by atoms with E-state index >= 15 is 0 Å². The molecule has 3 unspecified atom stereocenters. The SMILES string of the molecule is CC1CC(C)(C)CCC1(CN)NC1CCC(C)(C)C1. The minimum absolute atomic E-state index is 0.195. The highest BCUT2D eigenvalue weighted by atomic mass is 15.0. The van der Waals surface area contributed by atoms with Crippen LogP contribution in [0.15, 0.2) is 0 Å². The summed E-state index contributed by atoms with van der Waals surface area (Å²) >= 11 is 0. The van der Waals surface area contributed by atoms with Crippen LogP contribution in [-0.2, 0) is 0 Å². The average Bonchev–Trinajstić information content (AvgIpc) is 2.62. The monoisotopic (exact) mass is 266 g/mol. The predicted molar refractivity (Wildman–Crippen MR) is 83.1 cm³/mol. The summed E-state index contributed by atoms with van der Waals surface area (Å²) in [5.74, 6) is 0.685. The summed E-state index contributed by atoms with van der Waals surface area (Å²) in [5, 5.41) is 4.00. The Bertz CT molecular complexity index is 321. The lowest BCUT2D eigenvalue weighted by molar-refractivity contribution is 0.0688. The smallest absolute Gasteiger partial charge is 0.0332 e. The molecule has 0 radical (unpaired) electrons. The van der Waals surface area contributed by atoms with Crippen LogP contribution < -0.4 is 11.1 Å². The summed E-state index contributed by atoms with van der Waals surface area (Å²) in [6.07, 6.45) is 7.83. The van der Waals surface area contributed by atoms with Crippen LogP contribution in [0.3, 0.4) is 0 Å². The van der Waals surface area contributed by atoms with Gasteiger partial charge < -0.3 is 11.1 Å². The maximum atomic E-state index is 6.20. The van der Waals surface area contributed by atoms with Crippen LogP contribution >= 0.6 is 0 Å². The Kier molecular flexibility index (Phi) is 4.06. The van der Waals surface area contributed by atoms with Gasteiger partial charge in [0.15, 0.2) is 0 Å². The largest absolute Gasteiger partial charge is 0.329 e. The second-order valence-electron chi connectivity index (χ2n) is 8.88. The zero-order valence-corrected chi connectivity index (χ0v) is 13.7. The van der Waals surface area contributed by atoms with Crippen molar-refractivity contribution in [2.75, 3.05) is 6.54 Å². The first kappa shape index (κ1) is 15.3. The van der Waals surface area contributed by atoms with E-state index < -0.39 is 0 Å². The number of nitrogens with two attached hydrogens (primary N) is 1. The number of hydrogen-bond acceptors (Lipinski definition) is 2. The Morgan fingerprint density at radius 2 is 1.63 bits per heavy atom. The van der Waals surface area contributed by atoms with Crippen molar-refractivity contribution in [2.45, 2.75) is 84.7 Å². The highest BCUT2D eigenvalue weighted by Crippen LogP contribution is 2.45. The number of nitrogens with one attached hydrogen (secondary N) is 1. The average molecular weight is 266 g/mol. The minimum atomic E-state index is 0.195. The van der Waals surface area contributed by atoms with Crippen molar-refractivity contribution in [2.24, 2.45) is 22.5 Å². The first-order chi connectivity index (χ1) is 8.68. The molecule has 0 heterocycles. The Morgan fingerprint density at radius 1 is 1.00 bits per heavy atom. The van der Waals surface area contributed by atoms with Gasteiger partial charge in [0.05, 0.1) is 0 Å². The third-order valence-corrected chi connectivity index (χ3v) is 5.87. The van der Waals surface area contributed by atoms with Crippen LogP contribution in [0.4, 0.5) is 0 Å². The Balaban J connectivity index is 2.03. The van der Waals surface area contributed by atoms with Gasteiger partial charge in [0, 0.05) is 18.1 Å². The van der Waals surface area contributed by atoms with Crippen molar-refractivity contribution in [3.8, 4) is 0 Å². The lowest BCUT2D eigenvalue weighted by atomic mass is 9.63. The van der Waals surface area contributed by atoms with E-state index in [2.05, 4.69) is 39.9 Å². The molecule has 2 aliphatic carbocycles. The molecule has 0 amide bonds. The summed E-state index contributed by atoms with van der Waals surface area (Å²) in [5.41, 5.74) is 7.41. The molecular weight excluding hydrogens is 232 g/mol. The van der Waals surface area contributed by atoms with Crippen LogP contribution in [0.25, 0.3) is 0 Å². The topological polar surface area (TPSA) is 38.0 Å². The fraction of sp³-hybridized carbons (Fsp3) is 1.00. The van der Waals surface area contributed by atoms with Crippen molar-refractivity contribution in [1.82, 2.24) is 5.32 Å². The van der Waals surface area contributed by atoms with Gasteiger partial charge >= 0.3 is 0 Å². The van der Waals surface area contributed by atoms with Crippen molar-refractivity contribution in [3.05, 3.63) is 0 Å². The standard InChI is InChI=1S/C17H34N2/c1-13-10-16(4,5)8-9-17(13,12-18)19-14-6-7-15(2,3)11-14/h13-14,19H,6-12,18H2,1-5H3. The Hall–Kier alpha value is -0.0800. The van der Waals surface area contributed by atoms with Crippen LogP contribution in [0.2, 0.25) is 0 Å². The van der Waals surface area contributed by atoms with E-state index in [0.29, 0.717) is 22.8 Å². The molecular formula is C17H34N2. The van der Waals surface area contributed by atoms with Gasteiger partial charge in [-0.3, -0.25) is 0 Å². The first-order valence-corrected chi connectivity index (χ1v) is 8.16. The Labute approximate surface area is 119 Å². The molecule has 2 heteroatoms. The molecule has 2 fully saturated rings. The van der Waals surface area contributed by atoms with E-state index in [1.165, 1.54) is 38.5 Å². The van der Waals surface area contributed by atoms with Crippen molar-refractivity contribution < 1.29 is 0 Å². The van der Waals surface area contributed by atoms with Gasteiger partial charge in [-0.1, -0.05) is 34.6 Å². The molecule has 112 valence electrons. The summed E-state index contributed by atoms with van der Waals surface area (Å²) in [7, 11) is 0. The maximum absolute atomic E-state index is 6.20. The van der Waals surface area contributed by atoms with Crippen molar-refractivity contribution in [3.63, 3.8) is 0 Å². The zero-order chi connectivity index (χ0) is 14.3. The first-order valence-electron chi connectivity index (χ1n) is 8.16. The second-order valence-corrected chi connectivity index (χ2v) is 8.88. The molecule has 2 aliphatic rings. The number of hydrogen-bond donors (Lipinski definition) is 2. The van der Waals surface area contributed by atoms with Gasteiger partial charge in [-0.25, -0.2) is 0 Å². The molecule has 0 aromatic heterocycles. The van der Waals surface area contributed by atoms with Gasteiger partial charge in [-0.2, -0.15) is 0 Å². The summed E-state index contributed by atoms with van der Waals surface area (Å²) in [6, 6.07) is 0.683. The minimum Gasteiger partial charge on any atom is -0.329 e. The van der Waals surface area contributed by atoms with Gasteiger partial charge in [-0.15, -0.1) is 0 Å². The molecule has 3 N–H and O–H groups in total. The summed E-state index contributed by atoms with van der Waals surface area (Å²) in [4.78, 5) is 0. The summed E-state index contributed by atoms with van der Waals surface area (Å²) < 4.78 is 0. The summed E-state index contributed by atoms with van der Waals surface area (Å²) in [6.45, 7) is 12.8. The molecule has 19 heavy (non-hydrogen) atoms. The van der Waals surface area contributed by atoms with Crippen LogP contribution in [0.5, 0.6) is 0 Å². The van der Waals surface area contributed by atoms with Crippen LogP contribution in [0, 0.1) is 16.7 Å². The lowest BCUT2D eigenvalue weighted by Crippen LogP contribution is -2.61. The van der Waals surface area contributed by atoms with Crippen molar-refractivity contribution >= 4 is 0 Å². The molecule has 0 aliphatic heterocycles. The molecule has 2 nitrogen and oxygen atoms in total. The normalized spacial score (nSPS) is 41.4. The quantitative estimate of drug-likeness (QED) is 0.817. The fourth-order valence-electron chi connectivity index (χ4n) is 4.48. The van der Waals surface area contributed by atoms with E-state index in [1.54, 1.807) is 0 Å². The highest BCUT2D eigenvalue weighted by Gasteiger charge is 2.45. The van der Waals surface area contributed by atoms with Gasteiger partial charge in [0.1, 0.15) is 0 Å². The molecule has 3 atom stereocenters. The highest BCUT2D eigenvalue weighted by molar-refractivity contribution is 5.03. The van der Waals surface area contributed by atoms with E-state index in [-0.39, 0.29) is 5.54 Å². The maximum Gasteiger partial charge on any atom is 0.0332 e. The van der Waals surface area contributed by atoms with E-state index in [4.69, 9.17) is 5.73 Å². The molecule has 0 saturated heterocycles. The third kappa shape index (κ3) is 3.33. The fourth-order valence-corrected chi connectivity index (χ4v) is 4.48. The zero-order valence-electron chi connectivity index (χ0n) is 13.7. The molecule has 0 spiro atoms. The Morgan fingerprint density at radius 3 is 2.11 bits per heavy atom. The van der Waals surface area contributed by atoms with Gasteiger partial charge in [-0.05, 0) is 55.3 Å². The van der Waals surface area contributed by atoms with Crippen molar-refractivity contribution in [1.29, 1.82) is 0 Å².